The highest BCUT2D eigenvalue weighted by atomic mass is 16.5. The van der Waals surface area contributed by atoms with Gasteiger partial charge in [-0.2, -0.15) is 0 Å². The highest BCUT2D eigenvalue weighted by molar-refractivity contribution is 6.27. The predicted molar refractivity (Wildman–Crippen MR) is 71.2 cm³/mol. The van der Waals surface area contributed by atoms with Gasteiger partial charge in [0.2, 0.25) is 0 Å². The Morgan fingerprint density at radius 3 is 2.45 bits per heavy atom. The quantitative estimate of drug-likeness (QED) is 0.747. The van der Waals surface area contributed by atoms with E-state index in [1.165, 1.54) is 5.57 Å². The number of carboxylic acids is 2. The molecule has 0 bridgehead atoms. The predicted octanol–water partition coefficient (Wildman–Crippen LogP) is 1.25. The number of aromatic nitrogens is 1. The Labute approximate surface area is 116 Å². The lowest BCUT2D eigenvalue weighted by Gasteiger charge is -2.29. The van der Waals surface area contributed by atoms with Crippen LogP contribution in [0.4, 0.5) is 0 Å². The molecule has 1 aliphatic rings. The summed E-state index contributed by atoms with van der Waals surface area (Å²) in [6.07, 6.45) is 3.35. The molecular weight excluding hydrogens is 264 g/mol. The lowest BCUT2D eigenvalue weighted by molar-refractivity contribution is -0.159. The molecule has 1 aliphatic heterocycles. The molecule has 0 aliphatic carbocycles. The van der Waals surface area contributed by atoms with Crippen LogP contribution < -0.4 is 0 Å². The highest BCUT2D eigenvalue weighted by Gasteiger charge is 2.21. The normalized spacial score (nSPS) is 18.8. The van der Waals surface area contributed by atoms with Gasteiger partial charge in [-0.1, -0.05) is 11.2 Å². The van der Waals surface area contributed by atoms with Gasteiger partial charge in [0.15, 0.2) is 5.76 Å². The molecule has 0 aromatic carbocycles. The summed E-state index contributed by atoms with van der Waals surface area (Å²) < 4.78 is 5.28. The third kappa shape index (κ3) is 4.20. The van der Waals surface area contributed by atoms with Crippen molar-refractivity contribution in [3.63, 3.8) is 0 Å². The first kappa shape index (κ1) is 15.9. The fourth-order valence-corrected chi connectivity index (χ4v) is 1.83. The Kier molecular flexibility index (Phi) is 5.45. The number of aliphatic carboxylic acids is 2. The average molecular weight is 282 g/mol. The first-order chi connectivity index (χ1) is 9.32. The minimum Gasteiger partial charge on any atom is -0.473 e. The molecule has 110 valence electrons. The third-order valence-electron chi connectivity index (χ3n) is 3.05. The zero-order valence-electron chi connectivity index (χ0n) is 11.7. The Balaban J connectivity index is 0.000000286. The van der Waals surface area contributed by atoms with Gasteiger partial charge >= 0.3 is 11.9 Å². The van der Waals surface area contributed by atoms with E-state index in [0.29, 0.717) is 6.04 Å². The molecule has 0 spiro atoms. The van der Waals surface area contributed by atoms with E-state index in [1.54, 1.807) is 0 Å². The molecule has 20 heavy (non-hydrogen) atoms. The molecule has 0 saturated heterocycles. The highest BCUT2D eigenvalue weighted by Crippen LogP contribution is 2.26. The second-order valence-electron chi connectivity index (χ2n) is 4.55. The van der Waals surface area contributed by atoms with Gasteiger partial charge in [-0.25, -0.2) is 9.59 Å². The Bertz CT molecular complexity index is 509. The van der Waals surface area contributed by atoms with Crippen molar-refractivity contribution in [3.05, 3.63) is 23.6 Å². The smallest absolute Gasteiger partial charge is 0.414 e. The van der Waals surface area contributed by atoms with Gasteiger partial charge in [0.1, 0.15) is 0 Å². The summed E-state index contributed by atoms with van der Waals surface area (Å²) in [5.74, 6) is -2.73. The van der Waals surface area contributed by atoms with Crippen molar-refractivity contribution in [3.8, 4) is 0 Å². The lowest BCUT2D eigenvalue weighted by Crippen LogP contribution is -2.33. The van der Waals surface area contributed by atoms with Crippen molar-refractivity contribution < 1.29 is 24.3 Å². The second-order valence-corrected chi connectivity index (χ2v) is 4.55. The summed E-state index contributed by atoms with van der Waals surface area (Å²) in [4.78, 5) is 20.5. The summed E-state index contributed by atoms with van der Waals surface area (Å²) in [7, 11) is 2.14. The van der Waals surface area contributed by atoms with Crippen molar-refractivity contribution >= 4 is 17.5 Å². The van der Waals surface area contributed by atoms with E-state index in [9.17, 15) is 0 Å². The van der Waals surface area contributed by atoms with E-state index in [-0.39, 0.29) is 0 Å². The van der Waals surface area contributed by atoms with Gasteiger partial charge < -0.3 is 14.7 Å². The Morgan fingerprint density at radius 1 is 1.40 bits per heavy atom. The van der Waals surface area contributed by atoms with Crippen LogP contribution in [0.3, 0.4) is 0 Å². The molecule has 1 unspecified atom stereocenters. The van der Waals surface area contributed by atoms with E-state index in [0.717, 1.165) is 24.4 Å². The van der Waals surface area contributed by atoms with Gasteiger partial charge in [0.25, 0.3) is 0 Å². The van der Waals surface area contributed by atoms with Crippen molar-refractivity contribution in [1.29, 1.82) is 0 Å². The summed E-state index contributed by atoms with van der Waals surface area (Å²) >= 11 is 0. The van der Waals surface area contributed by atoms with Crippen LogP contribution in [-0.4, -0.2) is 51.8 Å². The van der Waals surface area contributed by atoms with Gasteiger partial charge in [0, 0.05) is 24.2 Å². The molecule has 7 nitrogen and oxygen atoms in total. The largest absolute Gasteiger partial charge is 0.473 e. The maximum absolute atomic E-state index is 9.10. The van der Waals surface area contributed by atoms with Crippen molar-refractivity contribution in [2.75, 3.05) is 13.6 Å². The molecule has 2 heterocycles. The summed E-state index contributed by atoms with van der Waals surface area (Å²) in [6.45, 7) is 5.27. The molecule has 2 rings (SSSR count). The molecule has 1 aromatic rings. The van der Waals surface area contributed by atoms with Crippen LogP contribution in [0, 0.1) is 6.92 Å². The number of aryl methyl sites for hydroxylation is 1. The van der Waals surface area contributed by atoms with Crippen LogP contribution in [0.5, 0.6) is 0 Å². The van der Waals surface area contributed by atoms with E-state index in [1.807, 2.05) is 13.0 Å². The first-order valence-corrected chi connectivity index (χ1v) is 6.13. The molecule has 1 atom stereocenters. The van der Waals surface area contributed by atoms with E-state index >= 15 is 0 Å². The average Bonchev–Trinajstić information content (AvgIpc) is 2.80. The molecule has 1 aromatic heterocycles. The summed E-state index contributed by atoms with van der Waals surface area (Å²) in [5, 5.41) is 18.7. The molecule has 0 saturated carbocycles. The zero-order chi connectivity index (χ0) is 15.3. The molecule has 0 fully saturated rings. The molecule has 2 N–H and O–H groups in total. The monoisotopic (exact) mass is 282 g/mol. The van der Waals surface area contributed by atoms with E-state index in [2.05, 4.69) is 30.1 Å². The summed E-state index contributed by atoms with van der Waals surface area (Å²) in [6, 6.07) is 2.43. The number of nitrogens with zero attached hydrogens (tertiary/aromatic N) is 2. The van der Waals surface area contributed by atoms with E-state index < -0.39 is 11.9 Å². The van der Waals surface area contributed by atoms with Gasteiger partial charge in [0.05, 0.1) is 5.69 Å². The number of carboxylic acid groups (broad SMARTS) is 2. The maximum Gasteiger partial charge on any atom is 0.414 e. The van der Waals surface area contributed by atoms with Gasteiger partial charge in [-0.15, -0.1) is 0 Å². The van der Waals surface area contributed by atoms with Gasteiger partial charge in [-0.05, 0) is 27.3 Å². The fraction of sp³-hybridized carbons (Fsp3) is 0.462. The van der Waals surface area contributed by atoms with Crippen LogP contribution in [0.25, 0.3) is 5.57 Å². The minimum absolute atomic E-state index is 0.427. The number of hydrogen-bond acceptors (Lipinski definition) is 5. The third-order valence-corrected chi connectivity index (χ3v) is 3.05. The van der Waals surface area contributed by atoms with E-state index in [4.69, 9.17) is 24.3 Å². The van der Waals surface area contributed by atoms with Crippen LogP contribution in [0.2, 0.25) is 0 Å². The standard InChI is InChI=1S/C11H16N2O.C2H2O4/c1-8-7-11(14-12-8)10-5-4-6-13(3)9(10)2;3-1(4)2(5)6/h5,7,9H,4,6H2,1-3H3;(H,3,4)(H,5,6). The number of hydrogen-bond donors (Lipinski definition) is 2. The van der Waals surface area contributed by atoms with Crippen LogP contribution in [-0.2, 0) is 9.59 Å². The van der Waals surface area contributed by atoms with Gasteiger partial charge in [-0.3, -0.25) is 4.90 Å². The summed E-state index contributed by atoms with van der Waals surface area (Å²) in [5.41, 5.74) is 2.21. The van der Waals surface area contributed by atoms with Crippen LogP contribution in [0.15, 0.2) is 16.7 Å². The first-order valence-electron chi connectivity index (χ1n) is 6.13. The maximum atomic E-state index is 9.10. The Hall–Kier alpha value is -2.15. The van der Waals surface area contributed by atoms with Crippen molar-refractivity contribution in [1.82, 2.24) is 10.1 Å². The number of likely N-dealkylation sites (N-methyl/N-ethyl adjacent to an activating group) is 1. The fourth-order valence-electron chi connectivity index (χ4n) is 1.83. The topological polar surface area (TPSA) is 104 Å². The lowest BCUT2D eigenvalue weighted by atomic mass is 9.99. The minimum atomic E-state index is -1.82. The Morgan fingerprint density at radius 2 is 2.00 bits per heavy atom. The van der Waals surface area contributed by atoms with Crippen LogP contribution >= 0.6 is 0 Å². The number of carbonyl (C=O) groups is 2. The molecule has 0 amide bonds. The van der Waals surface area contributed by atoms with Crippen molar-refractivity contribution in [2.45, 2.75) is 26.3 Å². The van der Waals surface area contributed by atoms with Crippen LogP contribution in [0.1, 0.15) is 24.8 Å². The number of rotatable bonds is 1. The molecular formula is C13H18N2O5. The SMILES string of the molecule is Cc1cc(C2=CCCN(C)C2C)on1.O=C(O)C(=O)O. The second kappa shape index (κ2) is 6.85. The molecule has 0 radical (unpaired) electrons. The van der Waals surface area contributed by atoms with Crippen molar-refractivity contribution in [2.24, 2.45) is 0 Å². The zero-order valence-corrected chi connectivity index (χ0v) is 11.7. The molecule has 7 heteroatoms.